The van der Waals surface area contributed by atoms with Crippen LogP contribution in [0.4, 0.5) is 25.0 Å². The topological polar surface area (TPSA) is 141 Å². The summed E-state index contributed by atoms with van der Waals surface area (Å²) in [4.78, 5) is 39.1. The molecule has 0 aliphatic carbocycles. The van der Waals surface area contributed by atoms with E-state index in [0.717, 1.165) is 6.07 Å². The van der Waals surface area contributed by atoms with Gasteiger partial charge in [-0.1, -0.05) is 24.3 Å². The number of ether oxygens (including phenoxy) is 1. The monoisotopic (exact) mass is 544 g/mol. The Morgan fingerprint density at radius 3 is 2.58 bits per heavy atom. The smallest absolute Gasteiger partial charge is 0.325 e. The second kappa shape index (κ2) is 10.9. The minimum Gasteiger partial charge on any atom is -0.434 e. The Morgan fingerprint density at radius 2 is 1.82 bits per heavy atom. The molecule has 0 aliphatic rings. The van der Waals surface area contributed by atoms with Gasteiger partial charge in [0.25, 0.3) is 5.69 Å². The molecule has 0 bridgehead atoms. The lowest BCUT2D eigenvalue weighted by Gasteiger charge is -2.11. The zero-order valence-corrected chi connectivity index (χ0v) is 20.4. The van der Waals surface area contributed by atoms with Gasteiger partial charge in [0.2, 0.25) is 11.8 Å². The van der Waals surface area contributed by atoms with Gasteiger partial charge in [0.05, 0.1) is 11.3 Å². The van der Waals surface area contributed by atoms with Crippen molar-refractivity contribution >= 4 is 28.8 Å². The van der Waals surface area contributed by atoms with Crippen molar-refractivity contribution in [2.45, 2.75) is 6.42 Å². The minimum absolute atomic E-state index is 0.00903. The standard InChI is InChI=1S/C27H18F2N6O5/c28-18-6-4-16(5-7-18)12-24(36)33-27(37)32-19-8-9-23(22(29)14-19)40-26-25-21(10-11-34(25)31-15-30-26)17-2-1-3-20(13-17)35(38)39/h1-11,13-15H,12H2,(H2,32,33,36,37). The molecule has 40 heavy (non-hydrogen) atoms. The van der Waals surface area contributed by atoms with Crippen LogP contribution >= 0.6 is 0 Å². The maximum Gasteiger partial charge on any atom is 0.325 e. The summed E-state index contributed by atoms with van der Waals surface area (Å²) < 4.78 is 35.1. The fourth-order valence-corrected chi connectivity index (χ4v) is 3.91. The number of benzene rings is 3. The van der Waals surface area contributed by atoms with Crippen molar-refractivity contribution in [1.82, 2.24) is 19.9 Å². The van der Waals surface area contributed by atoms with Crippen LogP contribution in [0.25, 0.3) is 16.6 Å². The second-order valence-electron chi connectivity index (χ2n) is 8.45. The number of aromatic nitrogens is 3. The number of hydrogen-bond donors (Lipinski definition) is 2. The van der Waals surface area contributed by atoms with Gasteiger partial charge in [-0.15, -0.1) is 0 Å². The lowest BCUT2D eigenvalue weighted by atomic mass is 10.1. The number of halogens is 2. The first-order valence-electron chi connectivity index (χ1n) is 11.7. The molecule has 3 amide bonds. The first-order valence-corrected chi connectivity index (χ1v) is 11.7. The SMILES string of the molecule is O=C(Cc1ccc(F)cc1)NC(=O)Nc1ccc(Oc2ncnn3ccc(-c4cccc([N+](=O)[O-])c4)c23)c(F)c1. The van der Waals surface area contributed by atoms with Crippen LogP contribution in [0, 0.1) is 21.7 Å². The molecule has 0 aliphatic heterocycles. The number of rotatable bonds is 7. The molecule has 0 saturated heterocycles. The summed E-state index contributed by atoms with van der Waals surface area (Å²) in [6, 6.07) is 15.6. The number of non-ortho nitro benzene ring substituents is 1. The molecule has 11 nitrogen and oxygen atoms in total. The number of nitrogens with one attached hydrogen (secondary N) is 2. The van der Waals surface area contributed by atoms with Crippen molar-refractivity contribution < 1.29 is 28.0 Å². The quantitative estimate of drug-likeness (QED) is 0.210. The summed E-state index contributed by atoms with van der Waals surface area (Å²) in [5.41, 5.74) is 1.84. The normalized spacial score (nSPS) is 10.8. The van der Waals surface area contributed by atoms with Gasteiger partial charge in [-0.3, -0.25) is 20.2 Å². The maximum atomic E-state index is 14.9. The predicted molar refractivity (Wildman–Crippen MR) is 139 cm³/mol. The van der Waals surface area contributed by atoms with Crippen molar-refractivity contribution in [2.24, 2.45) is 0 Å². The molecule has 13 heteroatoms. The van der Waals surface area contributed by atoms with E-state index in [9.17, 15) is 28.5 Å². The Balaban J connectivity index is 1.31. The number of fused-ring (bicyclic) bond motifs is 1. The van der Waals surface area contributed by atoms with Crippen LogP contribution in [0.2, 0.25) is 0 Å². The highest BCUT2D eigenvalue weighted by molar-refractivity contribution is 6.01. The number of amides is 3. The lowest BCUT2D eigenvalue weighted by molar-refractivity contribution is -0.384. The highest BCUT2D eigenvalue weighted by Crippen LogP contribution is 2.35. The Hall–Kier alpha value is -5.72. The van der Waals surface area contributed by atoms with Gasteiger partial charge in [-0.05, 0) is 41.5 Å². The Kier molecular flexibility index (Phi) is 7.09. The molecule has 5 rings (SSSR count). The molecule has 0 fully saturated rings. The van der Waals surface area contributed by atoms with E-state index in [1.54, 1.807) is 24.4 Å². The molecule has 0 atom stereocenters. The predicted octanol–water partition coefficient (Wildman–Crippen LogP) is 5.27. The number of urea groups is 1. The molecule has 0 spiro atoms. The second-order valence-corrected chi connectivity index (χ2v) is 8.45. The average Bonchev–Trinajstić information content (AvgIpc) is 3.37. The van der Waals surface area contributed by atoms with Gasteiger partial charge >= 0.3 is 6.03 Å². The summed E-state index contributed by atoms with van der Waals surface area (Å²) in [7, 11) is 0. The summed E-state index contributed by atoms with van der Waals surface area (Å²) in [5, 5.41) is 19.8. The van der Waals surface area contributed by atoms with Gasteiger partial charge in [0.1, 0.15) is 17.7 Å². The Morgan fingerprint density at radius 1 is 1.02 bits per heavy atom. The molecule has 5 aromatic rings. The van der Waals surface area contributed by atoms with Gasteiger partial charge < -0.3 is 10.1 Å². The van der Waals surface area contributed by atoms with Crippen molar-refractivity contribution in [3.8, 4) is 22.8 Å². The van der Waals surface area contributed by atoms with Gasteiger partial charge in [-0.2, -0.15) is 10.1 Å². The van der Waals surface area contributed by atoms with E-state index in [1.165, 1.54) is 59.4 Å². The molecule has 3 aromatic carbocycles. The van der Waals surface area contributed by atoms with Gasteiger partial charge in [-0.25, -0.2) is 18.1 Å². The van der Waals surface area contributed by atoms with Crippen LogP contribution in [0.15, 0.2) is 85.3 Å². The average molecular weight is 544 g/mol. The Labute approximate surface area is 224 Å². The zero-order chi connectivity index (χ0) is 28.2. The van der Waals surface area contributed by atoms with Crippen LogP contribution in [-0.2, 0) is 11.2 Å². The number of nitrogens with zero attached hydrogens (tertiary/aromatic N) is 4. The molecule has 200 valence electrons. The van der Waals surface area contributed by atoms with Crippen molar-refractivity contribution in [1.29, 1.82) is 0 Å². The fraction of sp³-hybridized carbons (Fsp3) is 0.0370. The number of imide groups is 1. The number of anilines is 1. The van der Waals surface area contributed by atoms with E-state index in [0.29, 0.717) is 22.2 Å². The first kappa shape index (κ1) is 25.9. The van der Waals surface area contributed by atoms with Gasteiger partial charge in [0, 0.05) is 35.6 Å². The summed E-state index contributed by atoms with van der Waals surface area (Å²) in [6.45, 7) is 0. The largest absolute Gasteiger partial charge is 0.434 e. The molecule has 2 N–H and O–H groups in total. The molecule has 0 saturated carbocycles. The fourth-order valence-electron chi connectivity index (χ4n) is 3.91. The van der Waals surface area contributed by atoms with E-state index < -0.39 is 28.5 Å². The van der Waals surface area contributed by atoms with Crippen molar-refractivity contribution in [3.05, 3.63) is 113 Å². The number of carbonyl (C=O) groups excluding carboxylic acids is 2. The summed E-state index contributed by atoms with van der Waals surface area (Å²) in [6.07, 6.45) is 2.67. The highest BCUT2D eigenvalue weighted by Gasteiger charge is 2.18. The first-order chi connectivity index (χ1) is 19.3. The third-order valence-electron chi connectivity index (χ3n) is 5.72. The molecular formula is C27H18F2N6O5. The maximum absolute atomic E-state index is 14.9. The summed E-state index contributed by atoms with van der Waals surface area (Å²) in [5.74, 6) is -2.15. The lowest BCUT2D eigenvalue weighted by Crippen LogP contribution is -2.35. The van der Waals surface area contributed by atoms with E-state index in [4.69, 9.17) is 4.74 Å². The molecule has 2 heterocycles. The van der Waals surface area contributed by atoms with Crippen LogP contribution < -0.4 is 15.4 Å². The third kappa shape index (κ3) is 5.72. The van der Waals surface area contributed by atoms with E-state index in [1.807, 2.05) is 0 Å². The van der Waals surface area contributed by atoms with Crippen LogP contribution in [0.5, 0.6) is 11.6 Å². The minimum atomic E-state index is -0.882. The van der Waals surface area contributed by atoms with E-state index in [-0.39, 0.29) is 29.4 Å². The molecule has 0 unspecified atom stereocenters. The van der Waals surface area contributed by atoms with Crippen molar-refractivity contribution in [3.63, 3.8) is 0 Å². The van der Waals surface area contributed by atoms with E-state index >= 15 is 0 Å². The van der Waals surface area contributed by atoms with Crippen LogP contribution in [0.1, 0.15) is 5.56 Å². The number of carbonyl (C=O) groups is 2. The highest BCUT2D eigenvalue weighted by atomic mass is 19.1. The van der Waals surface area contributed by atoms with Crippen LogP contribution in [-0.4, -0.2) is 31.5 Å². The van der Waals surface area contributed by atoms with Crippen molar-refractivity contribution in [2.75, 3.05) is 5.32 Å². The Bertz CT molecular complexity index is 1760. The molecule has 2 aromatic heterocycles. The van der Waals surface area contributed by atoms with E-state index in [2.05, 4.69) is 20.7 Å². The molecular weight excluding hydrogens is 526 g/mol. The third-order valence-corrected chi connectivity index (χ3v) is 5.72. The molecule has 0 radical (unpaired) electrons. The summed E-state index contributed by atoms with van der Waals surface area (Å²) >= 11 is 0. The van der Waals surface area contributed by atoms with Crippen LogP contribution in [0.3, 0.4) is 0 Å². The number of nitro benzene ring substituents is 1. The number of hydrogen-bond acceptors (Lipinski definition) is 7. The number of nitro groups is 1. The van der Waals surface area contributed by atoms with Gasteiger partial charge in [0.15, 0.2) is 11.6 Å². The zero-order valence-electron chi connectivity index (χ0n) is 20.4.